The summed E-state index contributed by atoms with van der Waals surface area (Å²) in [4.78, 5) is 12.0. The normalized spacial score (nSPS) is 11.5. The third-order valence-electron chi connectivity index (χ3n) is 3.90. The molecule has 0 aromatic heterocycles. The van der Waals surface area contributed by atoms with Gasteiger partial charge in [-0.05, 0) is 42.7 Å². The Labute approximate surface area is 172 Å². The van der Waals surface area contributed by atoms with Crippen molar-refractivity contribution < 1.29 is 13.2 Å². The number of sulfonamides is 1. The summed E-state index contributed by atoms with van der Waals surface area (Å²) >= 11 is 1.62. The van der Waals surface area contributed by atoms with Crippen LogP contribution in [0.2, 0.25) is 0 Å². The van der Waals surface area contributed by atoms with Crippen LogP contribution < -0.4 is 10.0 Å². The van der Waals surface area contributed by atoms with Crippen LogP contribution in [-0.4, -0.2) is 31.9 Å². The summed E-state index contributed by atoms with van der Waals surface area (Å²) < 4.78 is 26.5. The van der Waals surface area contributed by atoms with E-state index in [1.165, 1.54) is 5.56 Å². The second-order valence-electron chi connectivity index (χ2n) is 6.91. The minimum atomic E-state index is -3.33. The third kappa shape index (κ3) is 8.91. The summed E-state index contributed by atoms with van der Waals surface area (Å²) in [6.45, 7) is 4.03. The van der Waals surface area contributed by atoms with Gasteiger partial charge in [-0.15, -0.1) is 0 Å². The second-order valence-corrected chi connectivity index (χ2v) is 9.77. The fourth-order valence-electron chi connectivity index (χ4n) is 2.62. The molecule has 2 rings (SSSR count). The molecule has 0 saturated carbocycles. The van der Waals surface area contributed by atoms with E-state index in [9.17, 15) is 13.2 Å². The van der Waals surface area contributed by atoms with E-state index in [1.807, 2.05) is 30.3 Å². The van der Waals surface area contributed by atoms with Gasteiger partial charge in [0.25, 0.3) is 0 Å². The van der Waals surface area contributed by atoms with Gasteiger partial charge in [-0.2, -0.15) is 11.8 Å². The number of thioether (sulfide) groups is 1. The van der Waals surface area contributed by atoms with Crippen molar-refractivity contribution in [2.24, 2.45) is 0 Å². The van der Waals surface area contributed by atoms with Gasteiger partial charge in [-0.3, -0.25) is 4.79 Å². The van der Waals surface area contributed by atoms with Gasteiger partial charge in [0.1, 0.15) is 0 Å². The maximum Gasteiger partial charge on any atom is 0.230 e. The number of hydrogen-bond acceptors (Lipinski definition) is 4. The largest absolute Gasteiger partial charge is 0.351 e. The standard InChI is InChI=1S/C21H28N2O3S2/c1-17(2)23-28(25,26)16-20-10-8-19(9-11-20)14-22-21(24)15-27-13-12-18-6-4-3-5-7-18/h3-11,17,23H,12-16H2,1-2H3,(H,22,24). The maximum absolute atomic E-state index is 12.0. The lowest BCUT2D eigenvalue weighted by atomic mass is 10.1. The van der Waals surface area contributed by atoms with Crippen molar-refractivity contribution in [1.29, 1.82) is 0 Å². The van der Waals surface area contributed by atoms with E-state index < -0.39 is 10.0 Å². The quantitative estimate of drug-likeness (QED) is 0.548. The molecule has 0 aliphatic rings. The maximum atomic E-state index is 12.0. The number of carbonyl (C=O) groups excluding carboxylic acids is 1. The molecular weight excluding hydrogens is 392 g/mol. The first kappa shape index (κ1) is 22.5. The molecule has 0 saturated heterocycles. The molecule has 0 heterocycles. The lowest BCUT2D eigenvalue weighted by Crippen LogP contribution is -2.31. The van der Waals surface area contributed by atoms with Crippen LogP contribution >= 0.6 is 11.8 Å². The fourth-order valence-corrected chi connectivity index (χ4v) is 4.87. The van der Waals surface area contributed by atoms with Crippen molar-refractivity contribution >= 4 is 27.7 Å². The Bertz CT molecular complexity index is 836. The molecule has 0 fully saturated rings. The minimum absolute atomic E-state index is 0.00542. The summed E-state index contributed by atoms with van der Waals surface area (Å²) in [7, 11) is -3.33. The van der Waals surface area contributed by atoms with E-state index in [4.69, 9.17) is 0 Å². The first-order valence-corrected chi connectivity index (χ1v) is 12.1. The molecule has 0 unspecified atom stereocenters. The number of carbonyl (C=O) groups is 1. The molecule has 0 radical (unpaired) electrons. The van der Waals surface area contributed by atoms with Crippen molar-refractivity contribution in [3.63, 3.8) is 0 Å². The molecule has 7 heteroatoms. The highest BCUT2D eigenvalue weighted by Gasteiger charge is 2.12. The molecule has 2 aromatic rings. The summed E-state index contributed by atoms with van der Waals surface area (Å²) in [6.07, 6.45) is 0.953. The highest BCUT2D eigenvalue weighted by molar-refractivity contribution is 7.99. The summed E-state index contributed by atoms with van der Waals surface area (Å²) in [5.74, 6) is 1.30. The van der Waals surface area contributed by atoms with Gasteiger partial charge in [0.2, 0.25) is 15.9 Å². The van der Waals surface area contributed by atoms with Crippen LogP contribution in [0, 0.1) is 0 Å². The first-order chi connectivity index (χ1) is 13.3. The number of rotatable bonds is 11. The molecule has 0 atom stereocenters. The molecule has 2 N–H and O–H groups in total. The van der Waals surface area contributed by atoms with Gasteiger partial charge in [0.05, 0.1) is 11.5 Å². The van der Waals surface area contributed by atoms with Crippen LogP contribution in [-0.2, 0) is 33.5 Å². The zero-order valence-corrected chi connectivity index (χ0v) is 18.0. The number of benzene rings is 2. The molecule has 28 heavy (non-hydrogen) atoms. The zero-order valence-electron chi connectivity index (χ0n) is 16.4. The monoisotopic (exact) mass is 420 g/mol. The lowest BCUT2D eigenvalue weighted by Gasteiger charge is -2.10. The SMILES string of the molecule is CC(C)NS(=O)(=O)Cc1ccc(CNC(=O)CSCCc2ccccc2)cc1. The third-order valence-corrected chi connectivity index (χ3v) is 6.40. The Morgan fingerprint density at radius 2 is 1.61 bits per heavy atom. The number of nitrogens with one attached hydrogen (secondary N) is 2. The smallest absolute Gasteiger partial charge is 0.230 e. The van der Waals surface area contributed by atoms with Crippen molar-refractivity contribution in [2.45, 2.75) is 38.6 Å². The fraction of sp³-hybridized carbons (Fsp3) is 0.381. The first-order valence-electron chi connectivity index (χ1n) is 9.30. The van der Waals surface area contributed by atoms with E-state index in [-0.39, 0.29) is 17.7 Å². The molecule has 2 aromatic carbocycles. The summed E-state index contributed by atoms with van der Waals surface area (Å²) in [5, 5.41) is 2.90. The van der Waals surface area contributed by atoms with Gasteiger partial charge in [0, 0.05) is 12.6 Å². The highest BCUT2D eigenvalue weighted by atomic mass is 32.2. The van der Waals surface area contributed by atoms with E-state index >= 15 is 0 Å². The van der Waals surface area contributed by atoms with Gasteiger partial charge in [-0.1, -0.05) is 54.6 Å². The summed E-state index contributed by atoms with van der Waals surface area (Å²) in [6, 6.07) is 17.4. The average molecular weight is 421 g/mol. The Kier molecular flexibility index (Phi) is 9.02. The molecule has 1 amide bonds. The molecule has 152 valence electrons. The molecule has 0 aliphatic carbocycles. The van der Waals surface area contributed by atoms with Crippen LogP contribution in [0.3, 0.4) is 0 Å². The summed E-state index contributed by atoms with van der Waals surface area (Å²) in [5.41, 5.74) is 2.95. The van der Waals surface area contributed by atoms with Crippen LogP contribution in [0.5, 0.6) is 0 Å². The number of amides is 1. The van der Waals surface area contributed by atoms with Crippen LogP contribution in [0.1, 0.15) is 30.5 Å². The molecule has 0 spiro atoms. The van der Waals surface area contributed by atoms with Crippen molar-refractivity contribution in [2.75, 3.05) is 11.5 Å². The predicted octanol–water partition coefficient (Wildman–Crippen LogP) is 3.11. The molecule has 0 bridgehead atoms. The van der Waals surface area contributed by atoms with E-state index in [1.54, 1.807) is 37.7 Å². The van der Waals surface area contributed by atoms with E-state index in [0.29, 0.717) is 12.3 Å². The number of hydrogen-bond donors (Lipinski definition) is 2. The van der Waals surface area contributed by atoms with E-state index in [0.717, 1.165) is 23.3 Å². The van der Waals surface area contributed by atoms with Crippen LogP contribution in [0.15, 0.2) is 54.6 Å². The van der Waals surface area contributed by atoms with Crippen molar-refractivity contribution in [3.05, 3.63) is 71.3 Å². The Hall–Kier alpha value is -1.83. The average Bonchev–Trinajstić information content (AvgIpc) is 2.64. The van der Waals surface area contributed by atoms with E-state index in [2.05, 4.69) is 22.2 Å². The Balaban J connectivity index is 1.68. The molecule has 5 nitrogen and oxygen atoms in total. The molecular formula is C21H28N2O3S2. The van der Waals surface area contributed by atoms with Crippen LogP contribution in [0.25, 0.3) is 0 Å². The highest BCUT2D eigenvalue weighted by Crippen LogP contribution is 2.09. The Morgan fingerprint density at radius 1 is 0.964 bits per heavy atom. The Morgan fingerprint density at radius 3 is 2.25 bits per heavy atom. The topological polar surface area (TPSA) is 75.3 Å². The molecule has 0 aliphatic heterocycles. The second kappa shape index (κ2) is 11.2. The predicted molar refractivity (Wildman–Crippen MR) is 117 cm³/mol. The number of aryl methyl sites for hydroxylation is 1. The van der Waals surface area contributed by atoms with Gasteiger partial charge in [0.15, 0.2) is 0 Å². The van der Waals surface area contributed by atoms with Gasteiger partial charge >= 0.3 is 0 Å². The zero-order chi connectivity index (χ0) is 20.4. The van der Waals surface area contributed by atoms with Crippen molar-refractivity contribution in [3.8, 4) is 0 Å². The minimum Gasteiger partial charge on any atom is -0.351 e. The lowest BCUT2D eigenvalue weighted by molar-refractivity contribution is -0.118. The van der Waals surface area contributed by atoms with Crippen molar-refractivity contribution in [1.82, 2.24) is 10.0 Å². The van der Waals surface area contributed by atoms with Gasteiger partial charge in [-0.25, -0.2) is 13.1 Å². The van der Waals surface area contributed by atoms with Crippen LogP contribution in [0.4, 0.5) is 0 Å². The van der Waals surface area contributed by atoms with Gasteiger partial charge < -0.3 is 5.32 Å².